The number of nitrogens with zero attached hydrogens (tertiary/aromatic N) is 5. The number of furan rings is 1. The first-order chi connectivity index (χ1) is 24.8. The van der Waals surface area contributed by atoms with Gasteiger partial charge >= 0.3 is 0 Å². The minimum absolute atomic E-state index is 0.535. The van der Waals surface area contributed by atoms with E-state index in [0.717, 1.165) is 77.4 Å². The van der Waals surface area contributed by atoms with Gasteiger partial charge in [-0.3, -0.25) is 4.57 Å². The molecule has 0 unspecified atom stereocenters. The average molecular weight is 642 g/mol. The van der Waals surface area contributed by atoms with Crippen LogP contribution in [-0.4, -0.2) is 24.5 Å². The molecule has 234 valence electrons. The average Bonchev–Trinajstić information content (AvgIpc) is 3.74. The highest BCUT2D eigenvalue weighted by Crippen LogP contribution is 2.42. The molecule has 50 heavy (non-hydrogen) atoms. The van der Waals surface area contributed by atoms with Gasteiger partial charge in [-0.1, -0.05) is 127 Å². The Balaban J connectivity index is 1.34. The molecular formula is C44H27N5O. The first kappa shape index (κ1) is 28.1. The van der Waals surface area contributed by atoms with Crippen molar-refractivity contribution in [3.63, 3.8) is 0 Å². The van der Waals surface area contributed by atoms with Crippen molar-refractivity contribution in [2.75, 3.05) is 0 Å². The lowest BCUT2D eigenvalue weighted by molar-refractivity contribution is 0.669. The molecule has 0 saturated heterocycles. The third-order valence-corrected chi connectivity index (χ3v) is 9.30. The molecule has 0 saturated carbocycles. The Kier molecular flexibility index (Phi) is 6.39. The number of benzene rings is 6. The molecule has 0 fully saturated rings. The summed E-state index contributed by atoms with van der Waals surface area (Å²) in [4.78, 5) is 20.6. The number of aromatic nitrogens is 5. The minimum atomic E-state index is 0.535. The van der Waals surface area contributed by atoms with Crippen LogP contribution in [0.25, 0.3) is 94.9 Å². The fourth-order valence-corrected chi connectivity index (χ4v) is 7.00. The van der Waals surface area contributed by atoms with Gasteiger partial charge in [-0.2, -0.15) is 0 Å². The topological polar surface area (TPSA) is 69.6 Å². The highest BCUT2D eigenvalue weighted by atomic mass is 16.3. The number of para-hydroxylation sites is 2. The van der Waals surface area contributed by atoms with E-state index >= 15 is 0 Å². The molecule has 0 radical (unpaired) electrons. The van der Waals surface area contributed by atoms with Crippen molar-refractivity contribution in [2.24, 2.45) is 0 Å². The molecule has 4 aromatic heterocycles. The van der Waals surface area contributed by atoms with Crippen LogP contribution in [0.5, 0.6) is 0 Å². The smallest absolute Gasteiger partial charge is 0.167 e. The number of hydrogen-bond acceptors (Lipinski definition) is 5. The zero-order valence-corrected chi connectivity index (χ0v) is 26.7. The molecular weight excluding hydrogens is 615 g/mol. The molecule has 6 aromatic carbocycles. The Morgan fingerprint density at radius 3 is 1.72 bits per heavy atom. The van der Waals surface area contributed by atoms with Crippen molar-refractivity contribution in [3.05, 3.63) is 164 Å². The lowest BCUT2D eigenvalue weighted by atomic mass is 10.0. The Labute approximate surface area is 287 Å². The predicted molar refractivity (Wildman–Crippen MR) is 201 cm³/mol. The van der Waals surface area contributed by atoms with Gasteiger partial charge in [0, 0.05) is 39.0 Å². The van der Waals surface area contributed by atoms with E-state index in [9.17, 15) is 0 Å². The van der Waals surface area contributed by atoms with Crippen LogP contribution in [0.15, 0.2) is 168 Å². The third-order valence-electron chi connectivity index (χ3n) is 9.30. The van der Waals surface area contributed by atoms with Gasteiger partial charge in [0.05, 0.1) is 22.0 Å². The van der Waals surface area contributed by atoms with Crippen molar-refractivity contribution >= 4 is 43.7 Å². The second kappa shape index (κ2) is 11.4. The second-order valence-electron chi connectivity index (χ2n) is 12.3. The molecule has 0 atom stereocenters. The van der Waals surface area contributed by atoms with E-state index < -0.39 is 0 Å². The maximum Gasteiger partial charge on any atom is 0.167 e. The van der Waals surface area contributed by atoms with E-state index in [-0.39, 0.29) is 0 Å². The summed E-state index contributed by atoms with van der Waals surface area (Å²) in [6.45, 7) is 0. The van der Waals surface area contributed by atoms with Crippen LogP contribution in [0.4, 0.5) is 0 Å². The third kappa shape index (κ3) is 4.50. The quantitative estimate of drug-likeness (QED) is 0.187. The molecule has 0 N–H and O–H groups in total. The van der Waals surface area contributed by atoms with Gasteiger partial charge < -0.3 is 4.42 Å². The first-order valence-electron chi connectivity index (χ1n) is 16.6. The minimum Gasteiger partial charge on any atom is -0.456 e. The fourth-order valence-electron chi connectivity index (χ4n) is 7.00. The second-order valence-corrected chi connectivity index (χ2v) is 12.3. The highest BCUT2D eigenvalue weighted by Gasteiger charge is 2.24. The number of pyridine rings is 1. The van der Waals surface area contributed by atoms with Gasteiger partial charge in [-0.15, -0.1) is 0 Å². The molecule has 0 bridgehead atoms. The summed E-state index contributed by atoms with van der Waals surface area (Å²) in [6, 6.07) is 53.5. The number of fused-ring (bicyclic) bond motifs is 7. The standard InChI is InChI=1S/C44H27N5O/c1-4-14-28(15-5-1)31-26-35(43-47-41(29-16-6-2-7-17-29)46-42(48-43)30-18-8-3-9-19-30)44(45-27-31)49-36-22-12-10-20-32(36)33-24-25-38-39(40(33)49)34-21-11-13-23-37(34)50-38/h1-27H. The van der Waals surface area contributed by atoms with E-state index in [1.165, 1.54) is 0 Å². The largest absolute Gasteiger partial charge is 0.456 e. The summed E-state index contributed by atoms with van der Waals surface area (Å²) in [6.07, 6.45) is 1.94. The predicted octanol–water partition coefficient (Wildman–Crippen LogP) is 10.9. The van der Waals surface area contributed by atoms with Crippen LogP contribution in [0.3, 0.4) is 0 Å². The molecule has 0 spiro atoms. The lowest BCUT2D eigenvalue weighted by Gasteiger charge is -2.15. The van der Waals surface area contributed by atoms with E-state index in [2.05, 4.69) is 71.3 Å². The Morgan fingerprint density at radius 2 is 1.02 bits per heavy atom. The molecule has 10 aromatic rings. The first-order valence-corrected chi connectivity index (χ1v) is 16.6. The summed E-state index contributed by atoms with van der Waals surface area (Å²) in [7, 11) is 0. The molecule has 6 nitrogen and oxygen atoms in total. The lowest BCUT2D eigenvalue weighted by Crippen LogP contribution is -2.06. The summed E-state index contributed by atoms with van der Waals surface area (Å²) >= 11 is 0. The number of rotatable bonds is 5. The summed E-state index contributed by atoms with van der Waals surface area (Å²) in [5.41, 5.74) is 8.34. The zero-order chi connectivity index (χ0) is 33.0. The van der Waals surface area contributed by atoms with E-state index in [0.29, 0.717) is 17.5 Å². The van der Waals surface area contributed by atoms with Crippen molar-refractivity contribution in [3.8, 4) is 51.1 Å². The van der Waals surface area contributed by atoms with Gasteiger partial charge in [0.15, 0.2) is 17.5 Å². The highest BCUT2D eigenvalue weighted by molar-refractivity contribution is 6.24. The normalized spacial score (nSPS) is 11.6. The monoisotopic (exact) mass is 641 g/mol. The van der Waals surface area contributed by atoms with Crippen LogP contribution in [0.2, 0.25) is 0 Å². The maximum absolute atomic E-state index is 6.40. The molecule has 0 amide bonds. The zero-order valence-electron chi connectivity index (χ0n) is 26.7. The molecule has 6 heteroatoms. The van der Waals surface area contributed by atoms with Gasteiger partial charge in [0.2, 0.25) is 0 Å². The molecule has 4 heterocycles. The molecule has 0 aliphatic carbocycles. The van der Waals surface area contributed by atoms with Crippen LogP contribution in [0, 0.1) is 0 Å². The summed E-state index contributed by atoms with van der Waals surface area (Å²) in [5, 5.41) is 4.34. The fraction of sp³-hybridized carbons (Fsp3) is 0. The van der Waals surface area contributed by atoms with Crippen molar-refractivity contribution in [1.29, 1.82) is 0 Å². The van der Waals surface area contributed by atoms with Crippen molar-refractivity contribution < 1.29 is 4.42 Å². The molecule has 0 aliphatic rings. The van der Waals surface area contributed by atoms with E-state index in [4.69, 9.17) is 24.4 Å². The maximum atomic E-state index is 6.40. The number of hydrogen-bond donors (Lipinski definition) is 0. The van der Waals surface area contributed by atoms with Crippen LogP contribution in [0.1, 0.15) is 0 Å². The van der Waals surface area contributed by atoms with Gasteiger partial charge in [-0.05, 0) is 35.9 Å². The Hall–Kier alpha value is -6.92. The van der Waals surface area contributed by atoms with Gasteiger partial charge in [0.1, 0.15) is 17.0 Å². The van der Waals surface area contributed by atoms with Crippen molar-refractivity contribution in [1.82, 2.24) is 24.5 Å². The van der Waals surface area contributed by atoms with Crippen LogP contribution in [-0.2, 0) is 0 Å². The Bertz CT molecular complexity index is 2800. The molecule has 10 rings (SSSR count). The van der Waals surface area contributed by atoms with Gasteiger partial charge in [0.25, 0.3) is 0 Å². The summed E-state index contributed by atoms with van der Waals surface area (Å²) < 4.78 is 8.66. The van der Waals surface area contributed by atoms with Crippen LogP contribution >= 0.6 is 0 Å². The van der Waals surface area contributed by atoms with E-state index in [1.807, 2.05) is 97.2 Å². The Morgan fingerprint density at radius 1 is 0.440 bits per heavy atom. The molecule has 0 aliphatic heterocycles. The SMILES string of the molecule is c1ccc(-c2cnc(-n3c4ccccc4c4ccc5oc6ccccc6c5c43)c(-c3nc(-c4ccccc4)nc(-c4ccccc4)n3)c2)cc1. The van der Waals surface area contributed by atoms with Crippen LogP contribution < -0.4 is 0 Å². The summed E-state index contributed by atoms with van der Waals surface area (Å²) in [5.74, 6) is 2.44. The van der Waals surface area contributed by atoms with Crippen molar-refractivity contribution in [2.45, 2.75) is 0 Å². The van der Waals surface area contributed by atoms with Gasteiger partial charge in [-0.25, -0.2) is 19.9 Å². The van der Waals surface area contributed by atoms with E-state index in [1.54, 1.807) is 0 Å².